The van der Waals surface area contributed by atoms with E-state index in [1.54, 1.807) is 12.1 Å². The molecule has 0 bridgehead atoms. The topological polar surface area (TPSA) is 51.0 Å². The number of hydrogen-bond donors (Lipinski definition) is 0. The highest BCUT2D eigenvalue weighted by Gasteiger charge is 2.42. The van der Waals surface area contributed by atoms with Gasteiger partial charge in [0.25, 0.3) is 5.91 Å². The highest BCUT2D eigenvalue weighted by Crippen LogP contribution is 2.33. The van der Waals surface area contributed by atoms with Gasteiger partial charge in [-0.25, -0.2) is 9.07 Å². The smallest absolute Gasteiger partial charge is 0.336 e. The molecule has 5 nitrogen and oxygen atoms in total. The number of nitrogens with zero attached hydrogens (tertiary/aromatic N) is 4. The number of aromatic nitrogens is 3. The molecule has 0 atom stereocenters. The van der Waals surface area contributed by atoms with E-state index in [1.165, 1.54) is 7.05 Å². The summed E-state index contributed by atoms with van der Waals surface area (Å²) in [6.45, 7) is 1.96. The van der Waals surface area contributed by atoms with Gasteiger partial charge in [-0.3, -0.25) is 4.79 Å². The number of halogens is 4. The van der Waals surface area contributed by atoms with Gasteiger partial charge in [0.1, 0.15) is 5.82 Å². The fraction of sp³-hybridized carbons (Fsp3) is 0.211. The van der Waals surface area contributed by atoms with Crippen molar-refractivity contribution in [3.05, 3.63) is 76.9 Å². The molecule has 0 aliphatic carbocycles. The second kappa shape index (κ2) is 7.41. The molecule has 0 saturated heterocycles. The molecule has 3 rings (SSSR count). The maximum atomic E-state index is 13.7. The summed E-state index contributed by atoms with van der Waals surface area (Å²) in [6, 6.07) is 11.5. The molecule has 0 spiro atoms. The van der Waals surface area contributed by atoms with Crippen LogP contribution < -0.4 is 0 Å². The number of benzene rings is 2. The summed E-state index contributed by atoms with van der Waals surface area (Å²) < 4.78 is 54.6. The van der Waals surface area contributed by atoms with Gasteiger partial charge in [-0.2, -0.15) is 13.2 Å². The van der Waals surface area contributed by atoms with Gasteiger partial charge in [-0.15, -0.1) is 5.10 Å². The lowest BCUT2D eigenvalue weighted by atomic mass is 10.1. The second-order valence-electron chi connectivity index (χ2n) is 6.26. The van der Waals surface area contributed by atoms with Crippen LogP contribution in [0.15, 0.2) is 48.5 Å². The summed E-state index contributed by atoms with van der Waals surface area (Å²) in [4.78, 5) is 13.8. The van der Waals surface area contributed by atoms with Gasteiger partial charge in [0, 0.05) is 13.6 Å². The molecular formula is C19H16F4N4O. The Kier molecular flexibility index (Phi) is 5.17. The SMILES string of the molecule is Cc1ccccc1CN(C)C(=O)c1nnn(-c2ccc(F)cc2)c1C(F)(F)F. The lowest BCUT2D eigenvalue weighted by molar-refractivity contribution is -0.143. The molecule has 0 fully saturated rings. The van der Waals surface area contributed by atoms with Crippen LogP contribution in [0.25, 0.3) is 5.69 Å². The third-order valence-electron chi connectivity index (χ3n) is 4.23. The Balaban J connectivity index is 1.98. The van der Waals surface area contributed by atoms with Crippen molar-refractivity contribution in [2.75, 3.05) is 7.05 Å². The first kappa shape index (κ1) is 19.5. The third-order valence-corrected chi connectivity index (χ3v) is 4.23. The zero-order valence-electron chi connectivity index (χ0n) is 15.0. The molecule has 0 N–H and O–H groups in total. The summed E-state index contributed by atoms with van der Waals surface area (Å²) in [7, 11) is 1.39. The van der Waals surface area contributed by atoms with Crippen molar-refractivity contribution in [3.63, 3.8) is 0 Å². The largest absolute Gasteiger partial charge is 0.435 e. The van der Waals surface area contributed by atoms with Crippen molar-refractivity contribution in [1.82, 2.24) is 19.9 Å². The molecule has 3 aromatic rings. The first-order valence-electron chi connectivity index (χ1n) is 8.27. The van der Waals surface area contributed by atoms with E-state index < -0.39 is 29.3 Å². The summed E-state index contributed by atoms with van der Waals surface area (Å²) in [5, 5.41) is 6.96. The van der Waals surface area contributed by atoms with Crippen LogP contribution in [-0.4, -0.2) is 32.8 Å². The Bertz CT molecular complexity index is 996. The fourth-order valence-corrected chi connectivity index (χ4v) is 2.74. The van der Waals surface area contributed by atoms with E-state index >= 15 is 0 Å². The average Bonchev–Trinajstić information content (AvgIpc) is 3.09. The van der Waals surface area contributed by atoms with Crippen LogP contribution in [0.3, 0.4) is 0 Å². The maximum absolute atomic E-state index is 13.7. The number of rotatable bonds is 4. The molecule has 0 radical (unpaired) electrons. The van der Waals surface area contributed by atoms with E-state index in [4.69, 9.17) is 0 Å². The minimum absolute atomic E-state index is 0.0539. The van der Waals surface area contributed by atoms with E-state index in [1.807, 2.05) is 19.1 Å². The van der Waals surface area contributed by atoms with Crippen molar-refractivity contribution < 1.29 is 22.4 Å². The van der Waals surface area contributed by atoms with E-state index in [0.29, 0.717) is 4.68 Å². The molecule has 0 aliphatic rings. The Morgan fingerprint density at radius 1 is 1.11 bits per heavy atom. The Morgan fingerprint density at radius 3 is 2.36 bits per heavy atom. The number of alkyl halides is 3. The fourth-order valence-electron chi connectivity index (χ4n) is 2.74. The molecule has 2 aromatic carbocycles. The predicted octanol–water partition coefficient (Wildman–Crippen LogP) is 4.01. The quantitative estimate of drug-likeness (QED) is 0.631. The van der Waals surface area contributed by atoms with Gasteiger partial charge in [0.2, 0.25) is 0 Å². The van der Waals surface area contributed by atoms with E-state index in [2.05, 4.69) is 10.3 Å². The first-order valence-corrected chi connectivity index (χ1v) is 8.27. The van der Waals surface area contributed by atoms with Gasteiger partial charge in [0.05, 0.1) is 5.69 Å². The van der Waals surface area contributed by atoms with Crippen molar-refractivity contribution in [3.8, 4) is 5.69 Å². The van der Waals surface area contributed by atoms with Crippen LogP contribution in [0.1, 0.15) is 27.3 Å². The lowest BCUT2D eigenvalue weighted by Gasteiger charge is -2.18. The van der Waals surface area contributed by atoms with Gasteiger partial charge < -0.3 is 4.90 Å². The van der Waals surface area contributed by atoms with Crippen molar-refractivity contribution >= 4 is 5.91 Å². The number of carbonyl (C=O) groups is 1. The third kappa shape index (κ3) is 3.88. The van der Waals surface area contributed by atoms with Crippen LogP contribution >= 0.6 is 0 Å². The molecule has 1 amide bonds. The summed E-state index contributed by atoms with van der Waals surface area (Å²) in [5.41, 5.74) is -0.457. The Morgan fingerprint density at radius 2 is 1.75 bits per heavy atom. The van der Waals surface area contributed by atoms with Crippen LogP contribution in [0.4, 0.5) is 17.6 Å². The minimum Gasteiger partial charge on any atom is -0.336 e. The van der Waals surface area contributed by atoms with Crippen LogP contribution in [-0.2, 0) is 12.7 Å². The van der Waals surface area contributed by atoms with Gasteiger partial charge in [-0.05, 0) is 42.3 Å². The molecule has 0 aliphatic heterocycles. The van der Waals surface area contributed by atoms with E-state index in [0.717, 1.165) is 40.3 Å². The lowest BCUT2D eigenvalue weighted by Crippen LogP contribution is -2.29. The van der Waals surface area contributed by atoms with Crippen LogP contribution in [0.2, 0.25) is 0 Å². The number of aryl methyl sites for hydroxylation is 1. The standard InChI is InChI=1S/C19H16F4N4O/c1-12-5-3-4-6-13(12)11-26(2)18(28)16-17(19(21,22)23)27(25-24-16)15-9-7-14(20)8-10-15/h3-10H,11H2,1-2H3. The maximum Gasteiger partial charge on any atom is 0.435 e. The zero-order chi connectivity index (χ0) is 20.5. The van der Waals surface area contributed by atoms with Crippen molar-refractivity contribution in [2.45, 2.75) is 19.6 Å². The van der Waals surface area contributed by atoms with Gasteiger partial charge in [-0.1, -0.05) is 29.5 Å². The summed E-state index contributed by atoms with van der Waals surface area (Å²) in [6.07, 6.45) is -4.88. The molecule has 0 saturated carbocycles. The molecule has 9 heteroatoms. The van der Waals surface area contributed by atoms with E-state index in [-0.39, 0.29) is 12.2 Å². The van der Waals surface area contributed by atoms with Crippen molar-refractivity contribution in [2.24, 2.45) is 0 Å². The monoisotopic (exact) mass is 392 g/mol. The first-order chi connectivity index (χ1) is 13.2. The van der Waals surface area contributed by atoms with Crippen LogP contribution in [0, 0.1) is 12.7 Å². The zero-order valence-corrected chi connectivity index (χ0v) is 15.0. The summed E-state index contributed by atoms with van der Waals surface area (Å²) in [5.74, 6) is -1.52. The molecule has 1 aromatic heterocycles. The Hall–Kier alpha value is -3.23. The highest BCUT2D eigenvalue weighted by atomic mass is 19.4. The molecule has 146 valence electrons. The average molecular weight is 392 g/mol. The number of hydrogen-bond acceptors (Lipinski definition) is 3. The normalized spacial score (nSPS) is 11.5. The van der Waals surface area contributed by atoms with Gasteiger partial charge >= 0.3 is 6.18 Å². The minimum atomic E-state index is -4.88. The molecule has 1 heterocycles. The highest BCUT2D eigenvalue weighted by molar-refractivity contribution is 5.93. The van der Waals surface area contributed by atoms with Crippen molar-refractivity contribution in [1.29, 1.82) is 0 Å². The van der Waals surface area contributed by atoms with Gasteiger partial charge in [0.15, 0.2) is 11.4 Å². The van der Waals surface area contributed by atoms with E-state index in [9.17, 15) is 22.4 Å². The number of amides is 1. The summed E-state index contributed by atoms with van der Waals surface area (Å²) >= 11 is 0. The Labute approximate surface area is 158 Å². The predicted molar refractivity (Wildman–Crippen MR) is 93.3 cm³/mol. The molecule has 28 heavy (non-hydrogen) atoms. The molecule has 0 unspecified atom stereocenters. The van der Waals surface area contributed by atoms with Crippen LogP contribution in [0.5, 0.6) is 0 Å². The second-order valence-corrected chi connectivity index (χ2v) is 6.26. The molecular weight excluding hydrogens is 376 g/mol. The number of carbonyl (C=O) groups excluding carboxylic acids is 1.